The largest absolute Gasteiger partial charge is 0.382 e. The van der Waals surface area contributed by atoms with Crippen molar-refractivity contribution in [3.8, 4) is 0 Å². The summed E-state index contributed by atoms with van der Waals surface area (Å²) in [5.41, 5.74) is 5.38. The van der Waals surface area contributed by atoms with E-state index in [-0.39, 0.29) is 4.90 Å². The first-order valence-electron chi connectivity index (χ1n) is 6.39. The first kappa shape index (κ1) is 17.1. The van der Waals surface area contributed by atoms with Crippen molar-refractivity contribution in [3.63, 3.8) is 0 Å². The quantitative estimate of drug-likeness (QED) is 0.517. The standard InChI is InChI=1S/C11H22N4O4S/c1-18-7-8-19-6-2-4-14-20(16,17)11-9-13-15(10-11)5-3-12/h9-10,14H,2-8,12H2,1H3. The molecule has 0 bridgehead atoms. The Kier molecular flexibility index (Phi) is 7.70. The monoisotopic (exact) mass is 306 g/mol. The van der Waals surface area contributed by atoms with Gasteiger partial charge in [0, 0.05) is 33.0 Å². The van der Waals surface area contributed by atoms with E-state index in [9.17, 15) is 8.42 Å². The number of nitrogens with two attached hydrogens (primary N) is 1. The molecule has 0 aliphatic carbocycles. The molecule has 116 valence electrons. The number of rotatable bonds is 11. The summed E-state index contributed by atoms with van der Waals surface area (Å²) in [5, 5.41) is 3.93. The second-order valence-electron chi connectivity index (χ2n) is 4.08. The maximum atomic E-state index is 11.9. The first-order chi connectivity index (χ1) is 9.60. The molecule has 20 heavy (non-hydrogen) atoms. The first-order valence-corrected chi connectivity index (χ1v) is 7.87. The lowest BCUT2D eigenvalue weighted by Crippen LogP contribution is -2.25. The Bertz CT molecular complexity index is 475. The van der Waals surface area contributed by atoms with Crippen LogP contribution in [-0.2, 0) is 26.0 Å². The van der Waals surface area contributed by atoms with Crippen LogP contribution in [0.2, 0.25) is 0 Å². The molecule has 1 rings (SSSR count). The number of nitrogens with one attached hydrogen (secondary N) is 1. The molecule has 9 heteroatoms. The van der Waals surface area contributed by atoms with Crippen molar-refractivity contribution in [1.29, 1.82) is 0 Å². The van der Waals surface area contributed by atoms with Crippen LogP contribution >= 0.6 is 0 Å². The second kappa shape index (κ2) is 9.03. The van der Waals surface area contributed by atoms with Gasteiger partial charge in [0.1, 0.15) is 4.90 Å². The lowest BCUT2D eigenvalue weighted by molar-refractivity contribution is 0.0699. The van der Waals surface area contributed by atoms with Gasteiger partial charge in [-0.1, -0.05) is 0 Å². The molecule has 0 saturated carbocycles. The molecule has 1 aromatic rings. The molecule has 0 radical (unpaired) electrons. The Hall–Kier alpha value is -1.00. The van der Waals surface area contributed by atoms with E-state index >= 15 is 0 Å². The van der Waals surface area contributed by atoms with Crippen LogP contribution in [-0.4, -0.2) is 58.2 Å². The summed E-state index contributed by atoms with van der Waals surface area (Å²) in [4.78, 5) is 0.145. The zero-order valence-corrected chi connectivity index (χ0v) is 12.4. The third kappa shape index (κ3) is 5.97. The van der Waals surface area contributed by atoms with Crippen LogP contribution in [0.15, 0.2) is 17.3 Å². The molecule has 0 fully saturated rings. The zero-order valence-electron chi connectivity index (χ0n) is 11.6. The van der Waals surface area contributed by atoms with Crippen LogP contribution in [0.5, 0.6) is 0 Å². The Labute approximate surface area is 119 Å². The SMILES string of the molecule is COCCOCCCNS(=O)(=O)c1cnn(CCN)c1. The van der Waals surface area contributed by atoms with E-state index in [1.807, 2.05) is 0 Å². The predicted octanol–water partition coefficient (Wildman–Crippen LogP) is -0.827. The minimum absolute atomic E-state index is 0.145. The fourth-order valence-electron chi connectivity index (χ4n) is 1.45. The van der Waals surface area contributed by atoms with Gasteiger partial charge in [-0.3, -0.25) is 4.68 Å². The van der Waals surface area contributed by atoms with Crippen molar-refractivity contribution in [2.24, 2.45) is 5.73 Å². The van der Waals surface area contributed by atoms with Gasteiger partial charge in [-0.25, -0.2) is 13.1 Å². The summed E-state index contributed by atoms with van der Waals surface area (Å²) in [6.45, 7) is 2.74. The topological polar surface area (TPSA) is 108 Å². The molecule has 0 aliphatic heterocycles. The van der Waals surface area contributed by atoms with Crippen molar-refractivity contribution >= 4 is 10.0 Å². The minimum Gasteiger partial charge on any atom is -0.382 e. The van der Waals surface area contributed by atoms with Gasteiger partial charge in [-0.2, -0.15) is 5.10 Å². The van der Waals surface area contributed by atoms with E-state index in [1.165, 1.54) is 17.1 Å². The Balaban J connectivity index is 2.30. The lowest BCUT2D eigenvalue weighted by Gasteiger charge is -2.05. The summed E-state index contributed by atoms with van der Waals surface area (Å²) < 4.78 is 37.9. The maximum Gasteiger partial charge on any atom is 0.243 e. The van der Waals surface area contributed by atoms with Crippen molar-refractivity contribution in [3.05, 3.63) is 12.4 Å². The Morgan fingerprint density at radius 1 is 1.40 bits per heavy atom. The van der Waals surface area contributed by atoms with E-state index in [4.69, 9.17) is 15.2 Å². The fourth-order valence-corrected chi connectivity index (χ4v) is 2.47. The van der Waals surface area contributed by atoms with Gasteiger partial charge in [-0.05, 0) is 6.42 Å². The minimum atomic E-state index is -3.51. The molecule has 0 unspecified atom stereocenters. The van der Waals surface area contributed by atoms with E-state index in [1.54, 1.807) is 7.11 Å². The van der Waals surface area contributed by atoms with E-state index < -0.39 is 10.0 Å². The highest BCUT2D eigenvalue weighted by atomic mass is 32.2. The molecule has 3 N–H and O–H groups in total. The van der Waals surface area contributed by atoms with Gasteiger partial charge in [0.25, 0.3) is 0 Å². The van der Waals surface area contributed by atoms with Gasteiger partial charge in [0.15, 0.2) is 0 Å². The fraction of sp³-hybridized carbons (Fsp3) is 0.727. The van der Waals surface area contributed by atoms with E-state index in [2.05, 4.69) is 9.82 Å². The lowest BCUT2D eigenvalue weighted by atomic mass is 10.5. The van der Waals surface area contributed by atoms with Gasteiger partial charge in [0.2, 0.25) is 10.0 Å². The summed E-state index contributed by atoms with van der Waals surface area (Å²) in [6.07, 6.45) is 3.37. The maximum absolute atomic E-state index is 11.9. The van der Waals surface area contributed by atoms with E-state index in [0.717, 1.165) is 0 Å². The second-order valence-corrected chi connectivity index (χ2v) is 5.85. The number of ether oxygens (including phenoxy) is 2. The van der Waals surface area contributed by atoms with Crippen molar-refractivity contribution in [2.75, 3.05) is 40.0 Å². The predicted molar refractivity (Wildman–Crippen MR) is 73.8 cm³/mol. The Morgan fingerprint density at radius 3 is 2.90 bits per heavy atom. The summed E-state index contributed by atoms with van der Waals surface area (Å²) in [5.74, 6) is 0. The summed E-state index contributed by atoms with van der Waals surface area (Å²) in [7, 11) is -1.91. The summed E-state index contributed by atoms with van der Waals surface area (Å²) >= 11 is 0. The highest BCUT2D eigenvalue weighted by Gasteiger charge is 2.15. The highest BCUT2D eigenvalue weighted by Crippen LogP contribution is 2.06. The highest BCUT2D eigenvalue weighted by molar-refractivity contribution is 7.89. The number of nitrogens with zero attached hydrogens (tertiary/aromatic N) is 2. The molecule has 1 heterocycles. The van der Waals surface area contributed by atoms with Crippen LogP contribution < -0.4 is 10.5 Å². The number of hydrogen-bond donors (Lipinski definition) is 2. The summed E-state index contributed by atoms with van der Waals surface area (Å²) in [6, 6.07) is 0. The van der Waals surface area contributed by atoms with Gasteiger partial charge in [0.05, 0.1) is 26.0 Å². The zero-order chi connectivity index (χ0) is 14.8. The van der Waals surface area contributed by atoms with Crippen LogP contribution in [0, 0.1) is 0 Å². The number of hydrogen-bond acceptors (Lipinski definition) is 6. The van der Waals surface area contributed by atoms with Crippen LogP contribution in [0.4, 0.5) is 0 Å². The van der Waals surface area contributed by atoms with E-state index in [0.29, 0.717) is 45.9 Å². The molecule has 0 amide bonds. The third-order valence-corrected chi connectivity index (χ3v) is 3.88. The molecule has 8 nitrogen and oxygen atoms in total. The van der Waals surface area contributed by atoms with Crippen molar-refractivity contribution in [2.45, 2.75) is 17.9 Å². The van der Waals surface area contributed by atoms with Gasteiger partial charge >= 0.3 is 0 Å². The van der Waals surface area contributed by atoms with Crippen LogP contribution in [0.25, 0.3) is 0 Å². The smallest absolute Gasteiger partial charge is 0.243 e. The number of sulfonamides is 1. The molecular formula is C11H22N4O4S. The third-order valence-electron chi connectivity index (χ3n) is 2.47. The van der Waals surface area contributed by atoms with Crippen molar-refractivity contribution in [1.82, 2.24) is 14.5 Å². The molecular weight excluding hydrogens is 284 g/mol. The molecule has 0 aliphatic rings. The van der Waals surface area contributed by atoms with Gasteiger partial charge < -0.3 is 15.2 Å². The average molecular weight is 306 g/mol. The Morgan fingerprint density at radius 2 is 2.20 bits per heavy atom. The van der Waals surface area contributed by atoms with Gasteiger partial charge in [-0.15, -0.1) is 0 Å². The van der Waals surface area contributed by atoms with Crippen LogP contribution in [0.1, 0.15) is 6.42 Å². The molecule has 1 aromatic heterocycles. The molecule has 0 spiro atoms. The normalized spacial score (nSPS) is 11.9. The van der Waals surface area contributed by atoms with Crippen molar-refractivity contribution < 1.29 is 17.9 Å². The number of aromatic nitrogens is 2. The molecule has 0 saturated heterocycles. The molecule has 0 aromatic carbocycles. The number of methoxy groups -OCH3 is 1. The molecule has 0 atom stereocenters. The average Bonchev–Trinajstić information content (AvgIpc) is 2.88. The van der Waals surface area contributed by atoms with Crippen LogP contribution in [0.3, 0.4) is 0 Å².